The first-order chi connectivity index (χ1) is 14.9. The van der Waals surface area contributed by atoms with E-state index in [2.05, 4.69) is 0 Å². The van der Waals surface area contributed by atoms with Crippen molar-refractivity contribution >= 4 is 27.3 Å². The Balaban J connectivity index is 1.51. The van der Waals surface area contributed by atoms with Crippen LogP contribution in [0, 0.1) is 0 Å². The molecular formula is C21H24F3N3O4S. The summed E-state index contributed by atoms with van der Waals surface area (Å²) in [6.07, 6.45) is -3.30. The number of rotatable bonds is 6. The maximum Gasteiger partial charge on any atom is 0.416 e. The van der Waals surface area contributed by atoms with Gasteiger partial charge in [-0.2, -0.15) is 13.2 Å². The number of hydrogen-bond acceptors (Lipinski definition) is 5. The van der Waals surface area contributed by atoms with Crippen LogP contribution in [0.25, 0.3) is 0 Å². The molecule has 0 saturated carbocycles. The molecule has 1 aliphatic rings. The quantitative estimate of drug-likeness (QED) is 0.648. The van der Waals surface area contributed by atoms with E-state index < -0.39 is 21.8 Å². The molecule has 1 amide bonds. The zero-order chi connectivity index (χ0) is 23.5. The molecule has 2 aromatic rings. The van der Waals surface area contributed by atoms with Crippen LogP contribution in [0.3, 0.4) is 0 Å². The molecule has 32 heavy (non-hydrogen) atoms. The minimum absolute atomic E-state index is 0.190. The molecule has 0 N–H and O–H groups in total. The minimum Gasteiger partial charge on any atom is -0.484 e. The first kappa shape index (κ1) is 23.7. The summed E-state index contributed by atoms with van der Waals surface area (Å²) >= 11 is 0. The third kappa shape index (κ3) is 5.84. The van der Waals surface area contributed by atoms with Gasteiger partial charge in [0.25, 0.3) is 5.91 Å². The molecule has 11 heteroatoms. The van der Waals surface area contributed by atoms with Gasteiger partial charge in [-0.1, -0.05) is 6.07 Å². The summed E-state index contributed by atoms with van der Waals surface area (Å²) in [5, 5.41) is 0. The van der Waals surface area contributed by atoms with Crippen LogP contribution >= 0.6 is 0 Å². The Bertz CT molecular complexity index is 1050. The maximum absolute atomic E-state index is 12.9. The molecule has 174 valence electrons. The van der Waals surface area contributed by atoms with Gasteiger partial charge in [-0.05, 0) is 42.5 Å². The second-order valence-corrected chi connectivity index (χ2v) is 9.44. The number of anilines is 2. The van der Waals surface area contributed by atoms with Crippen molar-refractivity contribution in [3.05, 3.63) is 54.1 Å². The molecule has 1 aliphatic heterocycles. The van der Waals surface area contributed by atoms with E-state index in [-0.39, 0.29) is 12.5 Å². The standard InChI is InChI=1S/C21H24F3N3O4S/c1-25(32(2,29)30)17-6-8-19(9-7-17)31-15-20(28)27-12-10-26(11-13-27)18-5-3-4-16(14-18)21(22,23)24/h3-9,14H,10-13,15H2,1-2H3. The van der Waals surface area contributed by atoms with Gasteiger partial charge in [-0.3, -0.25) is 9.10 Å². The van der Waals surface area contributed by atoms with Gasteiger partial charge < -0.3 is 14.5 Å². The molecule has 1 fully saturated rings. The zero-order valence-electron chi connectivity index (χ0n) is 17.7. The van der Waals surface area contributed by atoms with Gasteiger partial charge >= 0.3 is 6.18 Å². The van der Waals surface area contributed by atoms with Crippen LogP contribution in [0.5, 0.6) is 5.75 Å². The van der Waals surface area contributed by atoms with Crippen molar-refractivity contribution in [3.8, 4) is 5.75 Å². The van der Waals surface area contributed by atoms with E-state index in [4.69, 9.17) is 4.74 Å². The average Bonchev–Trinajstić information content (AvgIpc) is 2.76. The van der Waals surface area contributed by atoms with Crippen molar-refractivity contribution in [2.75, 3.05) is 55.3 Å². The van der Waals surface area contributed by atoms with Crippen molar-refractivity contribution in [1.82, 2.24) is 4.90 Å². The summed E-state index contributed by atoms with van der Waals surface area (Å²) in [5.74, 6) is 0.192. The largest absolute Gasteiger partial charge is 0.484 e. The molecule has 0 bridgehead atoms. The molecule has 1 heterocycles. The van der Waals surface area contributed by atoms with E-state index >= 15 is 0 Å². The zero-order valence-corrected chi connectivity index (χ0v) is 18.5. The van der Waals surface area contributed by atoms with Crippen LogP contribution < -0.4 is 13.9 Å². The summed E-state index contributed by atoms with van der Waals surface area (Å²) < 4.78 is 68.6. The summed E-state index contributed by atoms with van der Waals surface area (Å²) in [4.78, 5) is 15.9. The number of amides is 1. The van der Waals surface area contributed by atoms with Crippen molar-refractivity contribution in [1.29, 1.82) is 0 Å². The Morgan fingerprint density at radius 3 is 2.25 bits per heavy atom. The highest BCUT2D eigenvalue weighted by molar-refractivity contribution is 7.92. The van der Waals surface area contributed by atoms with Crippen LogP contribution in [0.4, 0.5) is 24.5 Å². The van der Waals surface area contributed by atoms with Crippen LogP contribution in [0.15, 0.2) is 48.5 Å². The molecule has 0 atom stereocenters. The fraction of sp³-hybridized carbons (Fsp3) is 0.381. The lowest BCUT2D eigenvalue weighted by Gasteiger charge is -2.36. The topological polar surface area (TPSA) is 70.2 Å². The van der Waals surface area contributed by atoms with Gasteiger partial charge in [-0.15, -0.1) is 0 Å². The third-order valence-electron chi connectivity index (χ3n) is 5.23. The van der Waals surface area contributed by atoms with Gasteiger partial charge in [0.15, 0.2) is 6.61 Å². The molecule has 2 aromatic carbocycles. The number of nitrogens with zero attached hydrogens (tertiary/aromatic N) is 3. The molecule has 0 unspecified atom stereocenters. The fourth-order valence-electron chi connectivity index (χ4n) is 3.27. The summed E-state index contributed by atoms with van der Waals surface area (Å²) in [7, 11) is -1.93. The molecule has 1 saturated heterocycles. The lowest BCUT2D eigenvalue weighted by Crippen LogP contribution is -2.50. The van der Waals surface area contributed by atoms with Crippen molar-refractivity contribution in [2.24, 2.45) is 0 Å². The van der Waals surface area contributed by atoms with E-state index in [0.29, 0.717) is 43.3 Å². The summed E-state index contributed by atoms with van der Waals surface area (Å²) in [6.45, 7) is 1.39. The van der Waals surface area contributed by atoms with E-state index in [0.717, 1.165) is 22.7 Å². The van der Waals surface area contributed by atoms with Gasteiger partial charge in [0.1, 0.15) is 5.75 Å². The van der Waals surface area contributed by atoms with Crippen molar-refractivity contribution in [3.63, 3.8) is 0 Å². The summed E-state index contributed by atoms with van der Waals surface area (Å²) in [6, 6.07) is 11.5. The number of sulfonamides is 1. The SMILES string of the molecule is CN(c1ccc(OCC(=O)N2CCN(c3cccc(C(F)(F)F)c3)CC2)cc1)S(C)(=O)=O. The fourth-order valence-corrected chi connectivity index (χ4v) is 3.78. The van der Waals surface area contributed by atoms with Crippen molar-refractivity contribution < 1.29 is 31.1 Å². The Morgan fingerprint density at radius 1 is 1.06 bits per heavy atom. The average molecular weight is 472 g/mol. The molecule has 3 rings (SSSR count). The molecule has 0 radical (unpaired) electrons. The smallest absolute Gasteiger partial charge is 0.416 e. The monoisotopic (exact) mass is 471 g/mol. The molecule has 0 aliphatic carbocycles. The van der Waals surface area contributed by atoms with Gasteiger partial charge in [0, 0.05) is 38.9 Å². The third-order valence-corrected chi connectivity index (χ3v) is 6.44. The number of benzene rings is 2. The lowest BCUT2D eigenvalue weighted by molar-refractivity contribution is -0.137. The highest BCUT2D eigenvalue weighted by Gasteiger charge is 2.31. The first-order valence-electron chi connectivity index (χ1n) is 9.82. The highest BCUT2D eigenvalue weighted by Crippen LogP contribution is 2.32. The van der Waals surface area contributed by atoms with E-state index in [9.17, 15) is 26.4 Å². The van der Waals surface area contributed by atoms with Gasteiger partial charge in [-0.25, -0.2) is 8.42 Å². The predicted molar refractivity (Wildman–Crippen MR) is 115 cm³/mol. The van der Waals surface area contributed by atoms with E-state index in [1.165, 1.54) is 13.1 Å². The Labute approximate surface area is 185 Å². The van der Waals surface area contributed by atoms with Crippen LogP contribution in [-0.2, 0) is 21.0 Å². The van der Waals surface area contributed by atoms with Gasteiger partial charge in [0.2, 0.25) is 10.0 Å². The molecular weight excluding hydrogens is 447 g/mol. The number of hydrogen-bond donors (Lipinski definition) is 0. The normalized spacial score (nSPS) is 14.9. The predicted octanol–water partition coefficient (Wildman–Crippen LogP) is 2.83. The Hall–Kier alpha value is -2.95. The minimum atomic E-state index is -4.40. The number of ether oxygens (including phenoxy) is 1. The number of carbonyl (C=O) groups excluding carboxylic acids is 1. The molecule has 7 nitrogen and oxygen atoms in total. The van der Waals surface area contributed by atoms with Crippen LogP contribution in [-0.4, -0.2) is 65.3 Å². The Kier molecular flexibility index (Phi) is 6.87. The maximum atomic E-state index is 12.9. The number of alkyl halides is 3. The molecule has 0 aromatic heterocycles. The molecule has 0 spiro atoms. The summed E-state index contributed by atoms with van der Waals surface area (Å²) in [5.41, 5.74) is 0.245. The second-order valence-electron chi connectivity index (χ2n) is 7.43. The van der Waals surface area contributed by atoms with Crippen LogP contribution in [0.2, 0.25) is 0 Å². The van der Waals surface area contributed by atoms with Crippen molar-refractivity contribution in [2.45, 2.75) is 6.18 Å². The number of halogens is 3. The van der Waals surface area contributed by atoms with Crippen LogP contribution in [0.1, 0.15) is 5.56 Å². The first-order valence-corrected chi connectivity index (χ1v) is 11.7. The number of carbonyl (C=O) groups is 1. The Morgan fingerprint density at radius 2 is 1.69 bits per heavy atom. The van der Waals surface area contributed by atoms with Gasteiger partial charge in [0.05, 0.1) is 17.5 Å². The van der Waals surface area contributed by atoms with E-state index in [1.54, 1.807) is 35.2 Å². The number of piperazine rings is 1. The second kappa shape index (κ2) is 9.27. The lowest BCUT2D eigenvalue weighted by atomic mass is 10.1. The van der Waals surface area contributed by atoms with E-state index in [1.807, 2.05) is 4.90 Å². The highest BCUT2D eigenvalue weighted by atomic mass is 32.2.